The minimum Gasteiger partial charge on any atom is -0.389 e. The van der Waals surface area contributed by atoms with Crippen LogP contribution in [-0.4, -0.2) is 47.8 Å². The van der Waals surface area contributed by atoms with E-state index in [9.17, 15) is 28.8 Å². The summed E-state index contributed by atoms with van der Waals surface area (Å²) in [6, 6.07) is 21.0. The van der Waals surface area contributed by atoms with Crippen LogP contribution in [0.2, 0.25) is 0 Å². The van der Waals surface area contributed by atoms with E-state index in [0.717, 1.165) is 6.07 Å². The lowest BCUT2D eigenvalue weighted by Gasteiger charge is -2.16. The molecule has 4 unspecified atom stereocenters. The van der Waals surface area contributed by atoms with Gasteiger partial charge in [-0.05, 0) is 56.3 Å². The van der Waals surface area contributed by atoms with E-state index in [-0.39, 0.29) is 11.1 Å². The zero-order valence-electron chi connectivity index (χ0n) is 22.6. The maximum Gasteiger partial charge on any atom is 0.345 e. The Balaban J connectivity index is 1.22. The van der Waals surface area contributed by atoms with Gasteiger partial charge in [-0.25, -0.2) is 30.5 Å². The lowest BCUT2D eigenvalue weighted by atomic mass is 10.0. The molecule has 3 aromatic carbocycles. The number of benzene rings is 3. The summed E-state index contributed by atoms with van der Waals surface area (Å²) in [5, 5.41) is 2.44. The lowest BCUT2D eigenvalue weighted by Crippen LogP contribution is -2.36. The molecule has 0 saturated carbocycles. The predicted molar refractivity (Wildman–Crippen MR) is 147 cm³/mol. The van der Waals surface area contributed by atoms with E-state index in [2.05, 4.69) is 10.9 Å². The van der Waals surface area contributed by atoms with Gasteiger partial charge in [0.05, 0.1) is 22.5 Å². The van der Waals surface area contributed by atoms with E-state index in [4.69, 9.17) is 9.47 Å². The topological polar surface area (TPSA) is 151 Å². The van der Waals surface area contributed by atoms with Crippen molar-refractivity contribution < 1.29 is 38.2 Å². The first-order chi connectivity index (χ1) is 20.2. The molecule has 2 N–H and O–H groups in total. The van der Waals surface area contributed by atoms with Gasteiger partial charge in [-0.3, -0.25) is 19.2 Å². The molecule has 5 rings (SSSR count). The molecule has 0 radical (unpaired) electrons. The molecule has 2 amide bonds. The van der Waals surface area contributed by atoms with Crippen LogP contribution in [0.25, 0.3) is 0 Å². The van der Waals surface area contributed by atoms with Crippen LogP contribution in [0.1, 0.15) is 34.6 Å². The van der Waals surface area contributed by atoms with Gasteiger partial charge in [-0.15, -0.1) is 0 Å². The summed E-state index contributed by atoms with van der Waals surface area (Å²) < 4.78 is 9.96. The zero-order chi connectivity index (χ0) is 30.0. The Morgan fingerprint density at radius 2 is 0.976 bits per heavy atom. The average Bonchev–Trinajstić information content (AvgIpc) is 3.47. The highest BCUT2D eigenvalue weighted by molar-refractivity contribution is 6.13. The van der Waals surface area contributed by atoms with E-state index >= 15 is 0 Å². The van der Waals surface area contributed by atoms with Crippen LogP contribution in [0, 0.1) is 11.8 Å². The number of nitrogens with zero attached hydrogens (tertiary/aromatic N) is 2. The van der Waals surface area contributed by atoms with Crippen LogP contribution in [0.4, 0.5) is 11.4 Å². The molecule has 2 heterocycles. The van der Waals surface area contributed by atoms with E-state index in [1.54, 1.807) is 74.5 Å². The van der Waals surface area contributed by atoms with Crippen LogP contribution in [0.3, 0.4) is 0 Å². The Labute approximate surface area is 240 Å². The lowest BCUT2D eigenvalue weighted by molar-refractivity contribution is -0.147. The molecule has 2 aliphatic rings. The van der Waals surface area contributed by atoms with Crippen LogP contribution >= 0.6 is 0 Å². The third-order valence-corrected chi connectivity index (χ3v) is 6.90. The minimum atomic E-state index is -1.28. The minimum absolute atomic E-state index is 0.182. The van der Waals surface area contributed by atoms with Crippen molar-refractivity contribution in [1.29, 1.82) is 0 Å². The standard InChI is InChI=1S/C30H26N4O8/c1-17-23(25(35)33(31-17)21-12-5-3-6-13-21)29(39)41-27(37)19-10-9-11-20(16-19)28(38)42-30(40)24-18(2)32-34(26(24)36)22-14-7-4-8-15-22/h3-18,23-24,31-32H,1-2H3. The van der Waals surface area contributed by atoms with Crippen molar-refractivity contribution in [2.45, 2.75) is 25.9 Å². The average molecular weight is 571 g/mol. The third kappa shape index (κ3) is 5.53. The fourth-order valence-corrected chi connectivity index (χ4v) is 4.76. The Morgan fingerprint density at radius 1 is 0.595 bits per heavy atom. The van der Waals surface area contributed by atoms with Gasteiger partial charge in [0.25, 0.3) is 11.8 Å². The van der Waals surface area contributed by atoms with Crippen molar-refractivity contribution >= 4 is 47.1 Å². The van der Waals surface area contributed by atoms with Crippen molar-refractivity contribution in [3.05, 3.63) is 96.1 Å². The predicted octanol–water partition coefficient (Wildman–Crippen LogP) is 2.17. The van der Waals surface area contributed by atoms with Crippen molar-refractivity contribution in [3.8, 4) is 0 Å². The number of anilines is 2. The number of para-hydroxylation sites is 2. The maximum absolute atomic E-state index is 12.9. The largest absolute Gasteiger partial charge is 0.389 e. The molecule has 0 bridgehead atoms. The van der Waals surface area contributed by atoms with Gasteiger partial charge in [0.2, 0.25) is 0 Å². The number of amides is 2. The molecule has 4 atom stereocenters. The first kappa shape index (κ1) is 28.3. The van der Waals surface area contributed by atoms with Crippen LogP contribution in [0.5, 0.6) is 0 Å². The highest BCUT2D eigenvalue weighted by Crippen LogP contribution is 2.26. The number of hydrogen-bond acceptors (Lipinski definition) is 10. The Hall–Kier alpha value is -5.20. The molecule has 0 aliphatic carbocycles. The first-order valence-electron chi connectivity index (χ1n) is 13.1. The maximum atomic E-state index is 12.9. The second kappa shape index (κ2) is 11.7. The first-order valence-corrected chi connectivity index (χ1v) is 13.1. The molecule has 2 aliphatic heterocycles. The molecule has 12 nitrogen and oxygen atoms in total. The third-order valence-electron chi connectivity index (χ3n) is 6.90. The SMILES string of the molecule is CC1NN(c2ccccc2)C(=O)C1C(=O)OC(=O)c1cccc(C(=O)OC(=O)C2C(=O)N(c3ccccc3)NC2C)c1. The van der Waals surface area contributed by atoms with Gasteiger partial charge >= 0.3 is 23.9 Å². The zero-order valence-corrected chi connectivity index (χ0v) is 22.6. The van der Waals surface area contributed by atoms with Crippen LogP contribution in [-0.2, 0) is 28.7 Å². The number of rotatable bonds is 6. The number of hydrogen-bond donors (Lipinski definition) is 2. The summed E-state index contributed by atoms with van der Waals surface area (Å²) in [6.07, 6.45) is 0. The summed E-state index contributed by atoms with van der Waals surface area (Å²) in [7, 11) is 0. The van der Waals surface area contributed by atoms with E-state index < -0.39 is 59.6 Å². The van der Waals surface area contributed by atoms with Gasteiger partial charge in [0.15, 0.2) is 11.8 Å². The molecule has 214 valence electrons. The van der Waals surface area contributed by atoms with Gasteiger partial charge in [-0.1, -0.05) is 42.5 Å². The normalized spacial score (nSPS) is 21.8. The smallest absolute Gasteiger partial charge is 0.345 e. The summed E-state index contributed by atoms with van der Waals surface area (Å²) in [6.45, 7) is 3.21. The molecular weight excluding hydrogens is 544 g/mol. The molecule has 0 aromatic heterocycles. The fourth-order valence-electron chi connectivity index (χ4n) is 4.76. The molecule has 42 heavy (non-hydrogen) atoms. The van der Waals surface area contributed by atoms with E-state index in [0.29, 0.717) is 11.4 Å². The second-order valence-electron chi connectivity index (χ2n) is 9.81. The number of esters is 4. The molecular formula is C30H26N4O8. The molecule has 2 fully saturated rings. The van der Waals surface area contributed by atoms with Crippen molar-refractivity contribution in [1.82, 2.24) is 10.9 Å². The Bertz CT molecular complexity index is 1450. The number of ether oxygens (including phenoxy) is 2. The quantitative estimate of drug-likeness (QED) is 0.333. The Kier molecular flexibility index (Phi) is 7.91. The van der Waals surface area contributed by atoms with Crippen LogP contribution < -0.4 is 20.9 Å². The van der Waals surface area contributed by atoms with Crippen molar-refractivity contribution in [2.24, 2.45) is 11.8 Å². The van der Waals surface area contributed by atoms with Crippen molar-refractivity contribution in [2.75, 3.05) is 10.0 Å². The number of carbonyl (C=O) groups excluding carboxylic acids is 6. The van der Waals surface area contributed by atoms with Gasteiger partial charge in [-0.2, -0.15) is 0 Å². The molecule has 0 spiro atoms. The summed E-state index contributed by atoms with van der Waals surface area (Å²) in [5.41, 5.74) is 6.47. The fraction of sp³-hybridized carbons (Fsp3) is 0.200. The highest BCUT2D eigenvalue weighted by Gasteiger charge is 2.46. The second-order valence-corrected chi connectivity index (χ2v) is 9.81. The number of hydrazine groups is 2. The van der Waals surface area contributed by atoms with Gasteiger partial charge in [0.1, 0.15) is 0 Å². The van der Waals surface area contributed by atoms with Gasteiger partial charge in [0, 0.05) is 12.1 Å². The molecule has 2 saturated heterocycles. The number of nitrogens with one attached hydrogen (secondary N) is 2. The van der Waals surface area contributed by atoms with E-state index in [1.165, 1.54) is 28.2 Å². The molecule has 12 heteroatoms. The van der Waals surface area contributed by atoms with Crippen LogP contribution in [0.15, 0.2) is 84.9 Å². The number of carbonyl (C=O) groups is 6. The Morgan fingerprint density at radius 3 is 1.36 bits per heavy atom. The van der Waals surface area contributed by atoms with E-state index in [1.807, 2.05) is 0 Å². The van der Waals surface area contributed by atoms with Gasteiger partial charge < -0.3 is 9.47 Å². The summed E-state index contributed by atoms with van der Waals surface area (Å²) in [5.74, 6) is -8.05. The van der Waals surface area contributed by atoms with Crippen molar-refractivity contribution in [3.63, 3.8) is 0 Å². The molecule has 3 aromatic rings. The summed E-state index contributed by atoms with van der Waals surface area (Å²) >= 11 is 0. The monoisotopic (exact) mass is 570 g/mol. The summed E-state index contributed by atoms with van der Waals surface area (Å²) in [4.78, 5) is 77.0. The highest BCUT2D eigenvalue weighted by atomic mass is 16.6.